The molecule has 0 atom stereocenters. The number of hydrogen-bond acceptors (Lipinski definition) is 7. The van der Waals surface area contributed by atoms with Gasteiger partial charge in [0.25, 0.3) is 11.1 Å². The molecule has 6 rings (SSSR count). The Morgan fingerprint density at radius 2 is 1.29 bits per heavy atom. The fourth-order valence-electron chi connectivity index (χ4n) is 4.71. The molecule has 0 unspecified atom stereocenters. The maximum absolute atomic E-state index is 12.8. The minimum absolute atomic E-state index is 0.151. The molecular weight excluding hydrogens is 729 g/mol. The van der Waals surface area contributed by atoms with Crippen molar-refractivity contribution in [2.24, 2.45) is 14.1 Å². The van der Waals surface area contributed by atoms with Crippen LogP contribution in [0.3, 0.4) is 0 Å². The third kappa shape index (κ3) is 7.85. The normalized spacial score (nSPS) is 11.1. The van der Waals surface area contributed by atoms with Crippen LogP contribution in [-0.2, 0) is 20.3 Å². The highest BCUT2D eigenvalue weighted by atomic mass is 79.9. The summed E-state index contributed by atoms with van der Waals surface area (Å²) in [6.07, 6.45) is -2.23. The van der Waals surface area contributed by atoms with Crippen LogP contribution in [0.25, 0.3) is 33.9 Å². The van der Waals surface area contributed by atoms with E-state index < -0.39 is 28.6 Å². The predicted octanol–water partition coefficient (Wildman–Crippen LogP) is 8.20. The van der Waals surface area contributed by atoms with Gasteiger partial charge in [0.1, 0.15) is 23.1 Å². The third-order valence-electron chi connectivity index (χ3n) is 7.19. The van der Waals surface area contributed by atoms with Gasteiger partial charge in [-0.05, 0) is 64.0 Å². The van der Waals surface area contributed by atoms with Gasteiger partial charge in [-0.25, -0.2) is 9.97 Å². The molecule has 0 aliphatic rings. The fraction of sp³-hybridized carbons (Fsp3) is 0.0857. The highest BCUT2D eigenvalue weighted by Crippen LogP contribution is 2.37. The highest BCUT2D eigenvalue weighted by molar-refractivity contribution is 9.10. The lowest BCUT2D eigenvalue weighted by Crippen LogP contribution is -2.18. The highest BCUT2D eigenvalue weighted by Gasteiger charge is 2.31. The van der Waals surface area contributed by atoms with E-state index in [9.17, 15) is 33.0 Å². The Balaban J connectivity index is 0.000000195. The average molecular weight is 754 g/mol. The minimum Gasteiger partial charge on any atom is -0.502 e. The first-order valence-corrected chi connectivity index (χ1v) is 15.4. The van der Waals surface area contributed by atoms with Crippen LogP contribution in [0.15, 0.2) is 117 Å². The van der Waals surface area contributed by atoms with E-state index in [-0.39, 0.29) is 16.0 Å². The van der Waals surface area contributed by atoms with E-state index in [1.165, 1.54) is 28.4 Å². The van der Waals surface area contributed by atoms with Gasteiger partial charge < -0.3 is 14.9 Å². The van der Waals surface area contributed by atoms with Crippen LogP contribution >= 0.6 is 27.5 Å². The summed E-state index contributed by atoms with van der Waals surface area (Å²) in [6, 6.07) is 24.8. The predicted molar refractivity (Wildman–Crippen MR) is 183 cm³/mol. The summed E-state index contributed by atoms with van der Waals surface area (Å²) in [5, 5.41) is 19.5. The second kappa shape index (κ2) is 14.4. The molecule has 0 spiro atoms. The van der Waals surface area contributed by atoms with Crippen molar-refractivity contribution in [3.8, 4) is 56.9 Å². The molecular formula is C35H25BrClF3N4O5. The number of rotatable bonds is 5. The molecule has 0 aliphatic heterocycles. The molecule has 0 radical (unpaired) electrons. The number of halogens is 5. The largest absolute Gasteiger partial charge is 0.502 e. The van der Waals surface area contributed by atoms with Crippen molar-refractivity contribution in [2.75, 3.05) is 0 Å². The van der Waals surface area contributed by atoms with Gasteiger partial charge in [0, 0.05) is 35.8 Å². The van der Waals surface area contributed by atoms with Gasteiger partial charge in [0.15, 0.2) is 11.5 Å². The van der Waals surface area contributed by atoms with Crippen molar-refractivity contribution >= 4 is 27.5 Å². The second-order valence-electron chi connectivity index (χ2n) is 10.5. The van der Waals surface area contributed by atoms with E-state index in [1.807, 2.05) is 48.5 Å². The summed E-state index contributed by atoms with van der Waals surface area (Å²) in [5.74, 6) is 0.491. The first-order chi connectivity index (χ1) is 23.2. The lowest BCUT2D eigenvalue weighted by atomic mass is 10.0. The molecule has 0 fully saturated rings. The van der Waals surface area contributed by atoms with Crippen molar-refractivity contribution in [1.82, 2.24) is 19.1 Å². The SMILES string of the molecule is Cn1c(-c2cccc(-c3ccccc3Cl)c2)ncc(O)c1=O.Cn1c(-c2cccc(Oc3ccc(C(F)(F)F)cc3Br)c2)ncc(O)c1=O. The Morgan fingerprint density at radius 3 is 1.86 bits per heavy atom. The number of aromatic nitrogens is 4. The van der Waals surface area contributed by atoms with E-state index in [4.69, 9.17) is 16.3 Å². The van der Waals surface area contributed by atoms with Crippen molar-refractivity contribution in [2.45, 2.75) is 6.18 Å². The van der Waals surface area contributed by atoms with Crippen LogP contribution in [-0.4, -0.2) is 29.3 Å². The molecule has 0 saturated carbocycles. The number of nitrogens with zero attached hydrogens (tertiary/aromatic N) is 4. The topological polar surface area (TPSA) is 119 Å². The zero-order chi connectivity index (χ0) is 35.5. The average Bonchev–Trinajstić information content (AvgIpc) is 3.07. The quantitative estimate of drug-likeness (QED) is 0.182. The van der Waals surface area contributed by atoms with E-state index in [0.29, 0.717) is 28.0 Å². The first-order valence-electron chi connectivity index (χ1n) is 14.2. The molecule has 2 N–H and O–H groups in total. The number of alkyl halides is 3. The van der Waals surface area contributed by atoms with Crippen LogP contribution in [0.5, 0.6) is 23.0 Å². The molecule has 14 heteroatoms. The molecule has 9 nitrogen and oxygen atoms in total. The summed E-state index contributed by atoms with van der Waals surface area (Å²) in [7, 11) is 3.04. The van der Waals surface area contributed by atoms with Crippen LogP contribution in [0.2, 0.25) is 5.02 Å². The number of ether oxygens (including phenoxy) is 1. The van der Waals surface area contributed by atoms with Crippen molar-refractivity contribution in [3.63, 3.8) is 0 Å². The van der Waals surface area contributed by atoms with Crippen molar-refractivity contribution in [3.05, 3.63) is 139 Å². The van der Waals surface area contributed by atoms with Gasteiger partial charge in [-0.2, -0.15) is 13.2 Å². The second-order valence-corrected chi connectivity index (χ2v) is 11.8. The van der Waals surface area contributed by atoms with Gasteiger partial charge in [0.2, 0.25) is 0 Å². The Labute approximate surface area is 290 Å². The summed E-state index contributed by atoms with van der Waals surface area (Å²) in [5.41, 5.74) is 1.29. The van der Waals surface area contributed by atoms with Gasteiger partial charge in [-0.3, -0.25) is 18.7 Å². The standard InChI is InChI=1S/C18H12BrF3N2O3.C17H13ClN2O2/c1-24-16(23-9-14(25)17(24)26)10-3-2-4-12(7-10)27-15-6-5-11(8-13(15)19)18(20,21)22;1-20-16(19-10-15(21)17(20)22)12-6-4-5-11(9-12)13-7-2-3-8-14(13)18/h2-9,25H,1H3;2-10,21H,1H3. The molecule has 4 aromatic carbocycles. The molecule has 2 aromatic heterocycles. The molecule has 0 bridgehead atoms. The minimum atomic E-state index is -4.45. The number of benzene rings is 4. The third-order valence-corrected chi connectivity index (χ3v) is 8.14. The zero-order valence-electron chi connectivity index (χ0n) is 25.6. The number of aromatic hydroxyl groups is 2. The Bertz CT molecular complexity index is 2290. The molecule has 0 saturated heterocycles. The maximum Gasteiger partial charge on any atom is 0.416 e. The summed E-state index contributed by atoms with van der Waals surface area (Å²) in [4.78, 5) is 31.8. The fourth-order valence-corrected chi connectivity index (χ4v) is 5.41. The molecule has 250 valence electrons. The first kappa shape index (κ1) is 34.9. The van der Waals surface area contributed by atoms with Gasteiger partial charge in [-0.15, -0.1) is 0 Å². The maximum atomic E-state index is 12.8. The zero-order valence-corrected chi connectivity index (χ0v) is 28.0. The number of hydrogen-bond donors (Lipinski definition) is 2. The van der Waals surface area contributed by atoms with Gasteiger partial charge >= 0.3 is 6.18 Å². The Hall–Kier alpha value is -5.40. The van der Waals surface area contributed by atoms with Crippen molar-refractivity contribution < 1.29 is 28.1 Å². The van der Waals surface area contributed by atoms with E-state index in [1.54, 1.807) is 31.3 Å². The van der Waals surface area contributed by atoms with Crippen LogP contribution < -0.4 is 15.9 Å². The molecule has 6 aromatic rings. The summed E-state index contributed by atoms with van der Waals surface area (Å²) in [6.45, 7) is 0. The molecule has 0 amide bonds. The molecule has 0 aliphatic carbocycles. The van der Waals surface area contributed by atoms with E-state index >= 15 is 0 Å². The van der Waals surface area contributed by atoms with Crippen molar-refractivity contribution in [1.29, 1.82) is 0 Å². The van der Waals surface area contributed by atoms with Gasteiger partial charge in [-0.1, -0.05) is 60.1 Å². The molecule has 49 heavy (non-hydrogen) atoms. The smallest absolute Gasteiger partial charge is 0.416 e. The Kier molecular flexibility index (Phi) is 10.2. The van der Waals surface area contributed by atoms with Crippen LogP contribution in [0.4, 0.5) is 13.2 Å². The Morgan fingerprint density at radius 1 is 0.735 bits per heavy atom. The van der Waals surface area contributed by atoms with Crippen LogP contribution in [0, 0.1) is 0 Å². The summed E-state index contributed by atoms with van der Waals surface area (Å²) >= 11 is 9.31. The van der Waals surface area contributed by atoms with E-state index in [0.717, 1.165) is 35.0 Å². The molecule has 2 heterocycles. The summed E-state index contributed by atoms with van der Waals surface area (Å²) < 4.78 is 46.6. The van der Waals surface area contributed by atoms with E-state index in [2.05, 4.69) is 25.9 Å². The lowest BCUT2D eigenvalue weighted by Gasteiger charge is -2.12. The lowest BCUT2D eigenvalue weighted by molar-refractivity contribution is -0.137. The van der Waals surface area contributed by atoms with Gasteiger partial charge in [0.05, 0.1) is 22.4 Å². The van der Waals surface area contributed by atoms with Crippen LogP contribution in [0.1, 0.15) is 5.56 Å². The monoisotopic (exact) mass is 752 g/mol.